The Morgan fingerprint density at radius 2 is 2.00 bits per heavy atom. The highest BCUT2D eigenvalue weighted by Gasteiger charge is 2.12. The minimum absolute atomic E-state index is 0.131. The Kier molecular flexibility index (Phi) is 2.87. The molecular weight excluding hydrogens is 226 g/mol. The molecule has 0 fully saturated rings. The molecule has 0 aliphatic rings. The fraction of sp³-hybridized carbons (Fsp3) is 0.0909. The molecule has 0 bridgehead atoms. The van der Waals surface area contributed by atoms with Crippen LogP contribution >= 0.6 is 11.3 Å². The first kappa shape index (κ1) is 10.6. The molecule has 5 heteroatoms. The van der Waals surface area contributed by atoms with Crippen molar-refractivity contribution in [1.82, 2.24) is 4.98 Å². The topological polar surface area (TPSA) is 70.2 Å². The van der Waals surface area contributed by atoms with Crippen LogP contribution in [0.1, 0.15) is 4.88 Å². The average Bonchev–Trinajstić information content (AvgIpc) is 2.60. The third kappa shape index (κ3) is 2.20. The molecule has 1 heterocycles. The van der Waals surface area contributed by atoms with Gasteiger partial charge in [-0.15, -0.1) is 0 Å². The maximum atomic E-state index is 11.2. The molecule has 2 rings (SSSR count). The van der Waals surface area contributed by atoms with Crippen LogP contribution in [0.5, 0.6) is 0 Å². The summed E-state index contributed by atoms with van der Waals surface area (Å²) in [5, 5.41) is 8.74. The van der Waals surface area contributed by atoms with Crippen LogP contribution in [0.4, 0.5) is 0 Å². The SMILES string of the molecule is O=C(O)Cc1sc(=O)[nH]c1-c1ccccc1. The lowest BCUT2D eigenvalue weighted by molar-refractivity contribution is -0.136. The molecule has 0 saturated carbocycles. The highest BCUT2D eigenvalue weighted by molar-refractivity contribution is 7.09. The number of nitrogens with one attached hydrogen (secondary N) is 1. The van der Waals surface area contributed by atoms with Crippen molar-refractivity contribution in [3.8, 4) is 11.3 Å². The lowest BCUT2D eigenvalue weighted by Crippen LogP contribution is -1.99. The van der Waals surface area contributed by atoms with E-state index < -0.39 is 5.97 Å². The number of aromatic nitrogens is 1. The zero-order valence-corrected chi connectivity index (χ0v) is 9.08. The van der Waals surface area contributed by atoms with Crippen LogP contribution in [0, 0.1) is 0 Å². The number of hydrogen-bond donors (Lipinski definition) is 2. The number of H-pyrrole nitrogens is 1. The van der Waals surface area contributed by atoms with Crippen LogP contribution in [0.15, 0.2) is 35.1 Å². The smallest absolute Gasteiger partial charge is 0.308 e. The first-order valence-electron chi connectivity index (χ1n) is 4.66. The lowest BCUT2D eigenvalue weighted by atomic mass is 10.1. The van der Waals surface area contributed by atoms with Crippen molar-refractivity contribution in [3.05, 3.63) is 44.9 Å². The summed E-state index contributed by atoms with van der Waals surface area (Å²) in [7, 11) is 0. The van der Waals surface area contributed by atoms with E-state index in [1.807, 2.05) is 30.3 Å². The van der Waals surface area contributed by atoms with Crippen molar-refractivity contribution in [2.45, 2.75) is 6.42 Å². The number of carboxylic acid groups (broad SMARTS) is 1. The summed E-state index contributed by atoms with van der Waals surface area (Å²) in [5.74, 6) is -0.938. The van der Waals surface area contributed by atoms with Gasteiger partial charge in [0.15, 0.2) is 0 Å². The molecule has 2 aromatic rings. The molecule has 0 radical (unpaired) electrons. The Morgan fingerprint density at radius 1 is 1.31 bits per heavy atom. The Hall–Kier alpha value is -1.88. The fourth-order valence-corrected chi connectivity index (χ4v) is 2.30. The Bertz CT molecular complexity index is 556. The van der Waals surface area contributed by atoms with Crippen LogP contribution < -0.4 is 4.87 Å². The van der Waals surface area contributed by atoms with Crippen LogP contribution in [0.3, 0.4) is 0 Å². The number of thiazole rings is 1. The Labute approximate surface area is 95.2 Å². The monoisotopic (exact) mass is 235 g/mol. The highest BCUT2D eigenvalue weighted by Crippen LogP contribution is 2.23. The van der Waals surface area contributed by atoms with E-state index in [9.17, 15) is 9.59 Å². The van der Waals surface area contributed by atoms with Crippen molar-refractivity contribution in [1.29, 1.82) is 0 Å². The molecule has 0 aliphatic heterocycles. The van der Waals surface area contributed by atoms with Gasteiger partial charge in [-0.2, -0.15) is 0 Å². The van der Waals surface area contributed by atoms with Gasteiger partial charge in [0, 0.05) is 4.88 Å². The molecule has 0 unspecified atom stereocenters. The van der Waals surface area contributed by atoms with E-state index >= 15 is 0 Å². The second-order valence-electron chi connectivity index (χ2n) is 3.25. The van der Waals surface area contributed by atoms with Gasteiger partial charge in [-0.25, -0.2) is 0 Å². The first-order valence-corrected chi connectivity index (χ1v) is 5.47. The summed E-state index contributed by atoms with van der Waals surface area (Å²) in [6.45, 7) is 0. The van der Waals surface area contributed by atoms with Crippen LogP contribution in [-0.4, -0.2) is 16.1 Å². The van der Waals surface area contributed by atoms with E-state index in [2.05, 4.69) is 4.98 Å². The van der Waals surface area contributed by atoms with Gasteiger partial charge in [0.1, 0.15) is 0 Å². The van der Waals surface area contributed by atoms with Gasteiger partial charge in [-0.3, -0.25) is 9.59 Å². The van der Waals surface area contributed by atoms with E-state index in [1.165, 1.54) is 0 Å². The number of aromatic amines is 1. The molecule has 0 atom stereocenters. The van der Waals surface area contributed by atoms with Gasteiger partial charge in [0.25, 0.3) is 0 Å². The van der Waals surface area contributed by atoms with Gasteiger partial charge >= 0.3 is 10.8 Å². The highest BCUT2D eigenvalue weighted by atomic mass is 32.1. The molecule has 2 N–H and O–H groups in total. The fourth-order valence-electron chi connectivity index (χ4n) is 1.46. The molecular formula is C11H9NO3S. The van der Waals surface area contributed by atoms with E-state index in [0.29, 0.717) is 10.6 Å². The van der Waals surface area contributed by atoms with E-state index in [-0.39, 0.29) is 11.3 Å². The van der Waals surface area contributed by atoms with Crippen LogP contribution in [0.25, 0.3) is 11.3 Å². The normalized spacial score (nSPS) is 10.2. The number of hydrogen-bond acceptors (Lipinski definition) is 3. The summed E-state index contributed by atoms with van der Waals surface area (Å²) in [6, 6.07) is 9.23. The number of carboxylic acids is 1. The maximum Gasteiger partial charge on any atom is 0.308 e. The van der Waals surface area contributed by atoms with E-state index in [4.69, 9.17) is 5.11 Å². The van der Waals surface area contributed by atoms with E-state index in [0.717, 1.165) is 16.9 Å². The molecule has 0 saturated heterocycles. The van der Waals surface area contributed by atoms with Crippen molar-refractivity contribution in [3.63, 3.8) is 0 Å². The third-order valence-electron chi connectivity index (χ3n) is 2.10. The van der Waals surface area contributed by atoms with Crippen LogP contribution in [0.2, 0.25) is 0 Å². The summed E-state index contributed by atoms with van der Waals surface area (Å²) in [6.07, 6.45) is -0.131. The van der Waals surface area contributed by atoms with Gasteiger partial charge in [-0.1, -0.05) is 41.7 Å². The summed E-state index contributed by atoms with van der Waals surface area (Å²) in [4.78, 5) is 24.9. The van der Waals surface area contributed by atoms with Crippen molar-refractivity contribution >= 4 is 17.3 Å². The minimum Gasteiger partial charge on any atom is -0.481 e. The Balaban J connectivity index is 2.48. The molecule has 16 heavy (non-hydrogen) atoms. The predicted octanol–water partition coefficient (Wildman–Crippen LogP) is 1.73. The standard InChI is InChI=1S/C11H9NO3S/c13-9(14)6-8-10(12-11(15)16-8)7-4-2-1-3-5-7/h1-5H,6H2,(H,12,15)(H,13,14). The zero-order chi connectivity index (χ0) is 11.5. The molecule has 0 spiro atoms. The molecule has 0 aliphatic carbocycles. The number of aliphatic carboxylic acids is 1. The van der Waals surface area contributed by atoms with Gasteiger partial charge in [-0.05, 0) is 5.56 Å². The van der Waals surface area contributed by atoms with Gasteiger partial charge < -0.3 is 10.1 Å². The van der Waals surface area contributed by atoms with Crippen molar-refractivity contribution < 1.29 is 9.90 Å². The quantitative estimate of drug-likeness (QED) is 0.851. The number of benzene rings is 1. The van der Waals surface area contributed by atoms with Crippen molar-refractivity contribution in [2.24, 2.45) is 0 Å². The first-order chi connectivity index (χ1) is 7.66. The second kappa shape index (κ2) is 4.32. The van der Waals surface area contributed by atoms with Crippen molar-refractivity contribution in [2.75, 3.05) is 0 Å². The average molecular weight is 235 g/mol. The third-order valence-corrected chi connectivity index (χ3v) is 2.98. The second-order valence-corrected chi connectivity index (χ2v) is 4.32. The molecule has 4 nitrogen and oxygen atoms in total. The molecule has 1 aromatic carbocycles. The van der Waals surface area contributed by atoms with E-state index in [1.54, 1.807) is 0 Å². The Morgan fingerprint density at radius 3 is 2.62 bits per heavy atom. The number of carbonyl (C=O) groups is 1. The largest absolute Gasteiger partial charge is 0.481 e. The van der Waals surface area contributed by atoms with Crippen LogP contribution in [-0.2, 0) is 11.2 Å². The minimum atomic E-state index is -0.938. The maximum absolute atomic E-state index is 11.2. The zero-order valence-electron chi connectivity index (χ0n) is 8.27. The lowest BCUT2D eigenvalue weighted by Gasteiger charge is -2.00. The van der Waals surface area contributed by atoms with Gasteiger partial charge in [0.05, 0.1) is 12.1 Å². The predicted molar refractivity (Wildman–Crippen MR) is 61.7 cm³/mol. The molecule has 1 aromatic heterocycles. The molecule has 0 amide bonds. The molecule has 82 valence electrons. The van der Waals surface area contributed by atoms with Gasteiger partial charge in [0.2, 0.25) is 0 Å². The summed E-state index contributed by atoms with van der Waals surface area (Å²) < 4.78 is 0. The number of rotatable bonds is 3. The summed E-state index contributed by atoms with van der Waals surface area (Å²) in [5.41, 5.74) is 1.44. The summed E-state index contributed by atoms with van der Waals surface area (Å²) >= 11 is 0.946.